The highest BCUT2D eigenvalue weighted by molar-refractivity contribution is 5.73. The molecule has 0 aromatic rings. The molecule has 0 bridgehead atoms. The Hall–Kier alpha value is -1.05. The smallest absolute Gasteiger partial charge is 0.310 e. The van der Waals surface area contributed by atoms with Crippen molar-refractivity contribution in [3.63, 3.8) is 0 Å². The van der Waals surface area contributed by atoms with Gasteiger partial charge in [0.25, 0.3) is 0 Å². The van der Waals surface area contributed by atoms with Gasteiger partial charge >= 0.3 is 5.97 Å². The topological polar surface area (TPSA) is 37.3 Å². The van der Waals surface area contributed by atoms with Crippen molar-refractivity contribution < 1.29 is 9.90 Å². The largest absolute Gasteiger partial charge is 0.481 e. The van der Waals surface area contributed by atoms with Gasteiger partial charge in [0.2, 0.25) is 0 Å². The molecule has 0 saturated carbocycles. The van der Waals surface area contributed by atoms with Crippen LogP contribution in [0.4, 0.5) is 0 Å². The van der Waals surface area contributed by atoms with Crippen molar-refractivity contribution in [1.29, 1.82) is 0 Å². The van der Waals surface area contributed by atoms with Crippen molar-refractivity contribution in [2.75, 3.05) is 0 Å². The first-order valence-electron chi connectivity index (χ1n) is 8.62. The van der Waals surface area contributed by atoms with Gasteiger partial charge in [0.15, 0.2) is 0 Å². The fourth-order valence-corrected chi connectivity index (χ4v) is 2.47. The number of carbonyl (C=O) groups is 1. The van der Waals surface area contributed by atoms with Gasteiger partial charge in [0.1, 0.15) is 0 Å². The Morgan fingerprint density at radius 3 is 2.00 bits per heavy atom. The molecule has 0 heterocycles. The van der Waals surface area contributed by atoms with Gasteiger partial charge < -0.3 is 5.11 Å². The van der Waals surface area contributed by atoms with Crippen LogP contribution in [0.3, 0.4) is 0 Å². The van der Waals surface area contributed by atoms with Crippen molar-refractivity contribution in [2.24, 2.45) is 5.92 Å². The summed E-state index contributed by atoms with van der Waals surface area (Å²) in [5, 5.41) is 9.05. The predicted molar refractivity (Wildman–Crippen MR) is 91.5 cm³/mol. The maximum absolute atomic E-state index is 11.0. The van der Waals surface area contributed by atoms with Crippen LogP contribution in [-0.4, -0.2) is 11.1 Å². The lowest BCUT2D eigenvalue weighted by Gasteiger charge is -2.11. The second kappa shape index (κ2) is 13.9. The summed E-state index contributed by atoms with van der Waals surface area (Å²) in [7, 11) is 0. The van der Waals surface area contributed by atoms with Gasteiger partial charge in [-0.2, -0.15) is 0 Å². The molecule has 2 heteroatoms. The number of carboxylic acids is 1. The molecule has 0 saturated heterocycles. The Bertz CT molecular complexity index is 291. The average molecular weight is 294 g/mol. The van der Waals surface area contributed by atoms with Crippen molar-refractivity contribution in [2.45, 2.75) is 84.5 Å². The highest BCUT2D eigenvalue weighted by Crippen LogP contribution is 2.18. The van der Waals surface area contributed by atoms with Crippen LogP contribution in [0.5, 0.6) is 0 Å². The summed E-state index contributed by atoms with van der Waals surface area (Å²) >= 11 is 0. The quantitative estimate of drug-likeness (QED) is 0.309. The minimum atomic E-state index is -0.728. The fraction of sp³-hybridized carbons (Fsp3) is 0.737. The lowest BCUT2D eigenvalue weighted by Crippen LogP contribution is -2.14. The molecule has 122 valence electrons. The van der Waals surface area contributed by atoms with E-state index in [0.717, 1.165) is 31.3 Å². The van der Waals surface area contributed by atoms with E-state index < -0.39 is 5.97 Å². The van der Waals surface area contributed by atoms with Crippen LogP contribution in [0.15, 0.2) is 24.3 Å². The molecule has 21 heavy (non-hydrogen) atoms. The predicted octanol–water partition coefficient (Wildman–Crippen LogP) is 6.13. The molecule has 1 unspecified atom stereocenters. The molecule has 0 aromatic heterocycles. The zero-order valence-corrected chi connectivity index (χ0v) is 14.1. The molecule has 0 amide bonds. The third-order valence-electron chi connectivity index (χ3n) is 3.90. The van der Waals surface area contributed by atoms with Gasteiger partial charge in [-0.1, -0.05) is 69.8 Å². The molecule has 0 radical (unpaired) electrons. The summed E-state index contributed by atoms with van der Waals surface area (Å²) in [5.41, 5.74) is 0.772. The molecule has 1 atom stereocenters. The van der Waals surface area contributed by atoms with Gasteiger partial charge in [-0.25, -0.2) is 0 Å². The number of hydrogen-bond acceptors (Lipinski definition) is 1. The van der Waals surface area contributed by atoms with Crippen LogP contribution >= 0.6 is 0 Å². The lowest BCUT2D eigenvalue weighted by atomic mass is 9.95. The Morgan fingerprint density at radius 1 is 1.00 bits per heavy atom. The standard InChI is InChI=1S/C19H34O2/c1-4-5-6-7-8-9-10-11-12-13-14-15-16-18(17(2)3)19(20)21/h9-10,18H,2,4-8,11-16H2,1,3H3,(H,20,21)/b10-9-. The van der Waals surface area contributed by atoms with Crippen molar-refractivity contribution >= 4 is 5.97 Å². The Labute approximate surface area is 131 Å². The van der Waals surface area contributed by atoms with Crippen molar-refractivity contribution in [3.8, 4) is 0 Å². The summed E-state index contributed by atoms with van der Waals surface area (Å²) in [6.07, 6.45) is 17.6. The highest BCUT2D eigenvalue weighted by Gasteiger charge is 2.16. The van der Waals surface area contributed by atoms with E-state index in [1.165, 1.54) is 44.9 Å². The second-order valence-electron chi connectivity index (χ2n) is 6.05. The van der Waals surface area contributed by atoms with Crippen molar-refractivity contribution in [1.82, 2.24) is 0 Å². The van der Waals surface area contributed by atoms with E-state index in [1.807, 2.05) is 6.92 Å². The van der Waals surface area contributed by atoms with E-state index in [1.54, 1.807) is 0 Å². The zero-order chi connectivity index (χ0) is 15.9. The van der Waals surface area contributed by atoms with E-state index in [9.17, 15) is 4.79 Å². The van der Waals surface area contributed by atoms with Crippen LogP contribution in [0.2, 0.25) is 0 Å². The van der Waals surface area contributed by atoms with Gasteiger partial charge in [-0.15, -0.1) is 0 Å². The average Bonchev–Trinajstić information content (AvgIpc) is 2.43. The van der Waals surface area contributed by atoms with Gasteiger partial charge in [0.05, 0.1) is 5.92 Å². The first kappa shape index (κ1) is 19.9. The number of rotatable bonds is 14. The number of aliphatic carboxylic acids is 1. The third kappa shape index (κ3) is 12.4. The van der Waals surface area contributed by atoms with Crippen LogP contribution in [0.1, 0.15) is 84.5 Å². The molecule has 0 spiro atoms. The van der Waals surface area contributed by atoms with E-state index in [-0.39, 0.29) is 5.92 Å². The fourth-order valence-electron chi connectivity index (χ4n) is 2.47. The van der Waals surface area contributed by atoms with Crippen molar-refractivity contribution in [3.05, 3.63) is 24.3 Å². The summed E-state index contributed by atoms with van der Waals surface area (Å²) in [6, 6.07) is 0. The maximum Gasteiger partial charge on any atom is 0.310 e. The van der Waals surface area contributed by atoms with Gasteiger partial charge in [0, 0.05) is 0 Å². The zero-order valence-electron chi connectivity index (χ0n) is 14.1. The summed E-state index contributed by atoms with van der Waals surface area (Å²) in [6.45, 7) is 7.81. The normalized spacial score (nSPS) is 12.7. The first-order chi connectivity index (χ1) is 10.1. The summed E-state index contributed by atoms with van der Waals surface area (Å²) in [4.78, 5) is 11.0. The van der Waals surface area contributed by atoms with E-state index >= 15 is 0 Å². The van der Waals surface area contributed by atoms with Crippen LogP contribution in [0, 0.1) is 5.92 Å². The van der Waals surface area contributed by atoms with Gasteiger partial charge in [-0.05, 0) is 39.0 Å². The molecule has 0 fully saturated rings. The molecular weight excluding hydrogens is 260 g/mol. The number of allylic oxidation sites excluding steroid dienone is 2. The molecule has 0 aliphatic heterocycles. The van der Waals surface area contributed by atoms with Gasteiger partial charge in [-0.3, -0.25) is 4.79 Å². The number of carboxylic acid groups (broad SMARTS) is 1. The second-order valence-corrected chi connectivity index (χ2v) is 6.05. The Kier molecular flexibility index (Phi) is 13.2. The summed E-state index contributed by atoms with van der Waals surface area (Å²) in [5.74, 6) is -1.08. The lowest BCUT2D eigenvalue weighted by molar-refractivity contribution is -0.140. The summed E-state index contributed by atoms with van der Waals surface area (Å²) < 4.78 is 0. The maximum atomic E-state index is 11.0. The van der Waals surface area contributed by atoms with Crippen LogP contribution < -0.4 is 0 Å². The molecule has 0 rings (SSSR count). The Balaban J connectivity index is 3.41. The van der Waals surface area contributed by atoms with Crippen LogP contribution in [-0.2, 0) is 4.79 Å². The number of hydrogen-bond donors (Lipinski definition) is 1. The molecular formula is C19H34O2. The van der Waals surface area contributed by atoms with E-state index in [4.69, 9.17) is 5.11 Å². The molecule has 0 aliphatic rings. The van der Waals surface area contributed by atoms with E-state index in [2.05, 4.69) is 25.7 Å². The highest BCUT2D eigenvalue weighted by atomic mass is 16.4. The minimum absolute atomic E-state index is 0.354. The number of unbranched alkanes of at least 4 members (excludes halogenated alkanes) is 8. The minimum Gasteiger partial charge on any atom is -0.481 e. The molecule has 0 aliphatic carbocycles. The third-order valence-corrected chi connectivity index (χ3v) is 3.90. The monoisotopic (exact) mass is 294 g/mol. The van der Waals surface area contributed by atoms with Crippen LogP contribution in [0.25, 0.3) is 0 Å². The molecule has 2 nitrogen and oxygen atoms in total. The first-order valence-corrected chi connectivity index (χ1v) is 8.62. The SMILES string of the molecule is C=C(C)C(CCCCCC/C=C\CCCCCC)C(=O)O. The Morgan fingerprint density at radius 2 is 1.52 bits per heavy atom. The molecule has 0 aromatic carbocycles. The molecule has 1 N–H and O–H groups in total. The van der Waals surface area contributed by atoms with E-state index in [0.29, 0.717) is 0 Å².